The summed E-state index contributed by atoms with van der Waals surface area (Å²) in [6, 6.07) is 0. The highest BCUT2D eigenvalue weighted by molar-refractivity contribution is 5.96. The second-order valence-corrected chi connectivity index (χ2v) is 10.6. The van der Waals surface area contributed by atoms with Crippen molar-refractivity contribution in [3.8, 4) is 0 Å². The molecule has 0 amide bonds. The first-order valence-corrected chi connectivity index (χ1v) is 11.2. The Balaban J connectivity index is 1.91. The first kappa shape index (κ1) is 22.4. The number of carbonyl (C=O) groups excluding carboxylic acids is 2. The third-order valence-corrected chi connectivity index (χ3v) is 8.88. The molecule has 4 rings (SSSR count). The average molecular weight is 431 g/mol. The number of aliphatic hydroxyl groups is 3. The standard InChI is InChI=1S/C25H34O6/c1-7-12(2)22(29)31-21-13(3)10-24-14(4)8-17-18(23(17,5)6)16(20(24)28)9-15(11-26)19(27)25(21,24)30/h7,9-10,14,16-19,21,26-27,30H,8,11H2,1-6H3/b12-7+/t14-,16?,17-,18+,19-,21+,24?,25+/m1/s1. The Hall–Kier alpha value is -1.76. The number of Topliss-reactive ketones (excluding diaryl/α,β-unsaturated/α-hetero) is 1. The van der Waals surface area contributed by atoms with Crippen LogP contribution in [0.2, 0.25) is 0 Å². The van der Waals surface area contributed by atoms with Gasteiger partial charge >= 0.3 is 5.97 Å². The van der Waals surface area contributed by atoms with Crippen molar-refractivity contribution in [2.45, 2.75) is 65.8 Å². The monoisotopic (exact) mass is 430 g/mol. The lowest BCUT2D eigenvalue weighted by Gasteiger charge is -2.48. The quantitative estimate of drug-likeness (QED) is 0.361. The maximum absolute atomic E-state index is 14.2. The molecule has 6 nitrogen and oxygen atoms in total. The second-order valence-electron chi connectivity index (χ2n) is 10.6. The van der Waals surface area contributed by atoms with Crippen LogP contribution >= 0.6 is 0 Å². The summed E-state index contributed by atoms with van der Waals surface area (Å²) in [7, 11) is 0. The van der Waals surface area contributed by atoms with E-state index in [2.05, 4.69) is 13.8 Å². The van der Waals surface area contributed by atoms with Gasteiger partial charge in [0.2, 0.25) is 0 Å². The molecule has 2 saturated carbocycles. The van der Waals surface area contributed by atoms with Gasteiger partial charge in [0.25, 0.3) is 0 Å². The van der Waals surface area contributed by atoms with E-state index in [1.54, 1.807) is 39.0 Å². The minimum Gasteiger partial charge on any atom is -0.451 e. The van der Waals surface area contributed by atoms with Gasteiger partial charge in [0.15, 0.2) is 17.5 Å². The summed E-state index contributed by atoms with van der Waals surface area (Å²) in [5, 5.41) is 33.7. The molecule has 2 unspecified atom stereocenters. The van der Waals surface area contributed by atoms with Gasteiger partial charge in [0, 0.05) is 11.5 Å². The van der Waals surface area contributed by atoms with E-state index in [-0.39, 0.29) is 28.6 Å². The van der Waals surface area contributed by atoms with Crippen LogP contribution in [0.25, 0.3) is 0 Å². The number of carbonyl (C=O) groups is 2. The van der Waals surface area contributed by atoms with E-state index < -0.39 is 41.7 Å². The molecule has 0 aromatic carbocycles. The van der Waals surface area contributed by atoms with Crippen LogP contribution in [0.1, 0.15) is 48.0 Å². The maximum Gasteiger partial charge on any atom is 0.334 e. The molecule has 0 radical (unpaired) electrons. The van der Waals surface area contributed by atoms with E-state index in [4.69, 9.17) is 4.74 Å². The molecule has 170 valence electrons. The number of aliphatic hydroxyl groups excluding tert-OH is 2. The lowest BCUT2D eigenvalue weighted by atomic mass is 9.59. The number of hydrogen-bond acceptors (Lipinski definition) is 6. The Morgan fingerprint density at radius 2 is 2.00 bits per heavy atom. The fourth-order valence-corrected chi connectivity index (χ4v) is 6.91. The van der Waals surface area contributed by atoms with Crippen LogP contribution in [-0.4, -0.2) is 51.5 Å². The number of fused-ring (bicyclic) bond motifs is 3. The number of hydrogen-bond donors (Lipinski definition) is 3. The summed E-state index contributed by atoms with van der Waals surface area (Å²) in [5.74, 6) is -1.13. The van der Waals surface area contributed by atoms with Gasteiger partial charge in [-0.2, -0.15) is 0 Å². The van der Waals surface area contributed by atoms with E-state index >= 15 is 0 Å². The van der Waals surface area contributed by atoms with Crippen molar-refractivity contribution in [3.63, 3.8) is 0 Å². The van der Waals surface area contributed by atoms with Gasteiger partial charge in [0.05, 0.1) is 12.0 Å². The Morgan fingerprint density at radius 3 is 2.58 bits per heavy atom. The zero-order valence-corrected chi connectivity index (χ0v) is 19.2. The van der Waals surface area contributed by atoms with Crippen molar-refractivity contribution in [1.29, 1.82) is 0 Å². The van der Waals surface area contributed by atoms with Gasteiger partial charge in [-0.25, -0.2) is 4.79 Å². The van der Waals surface area contributed by atoms with Crippen LogP contribution in [0.4, 0.5) is 0 Å². The minimum atomic E-state index is -2.08. The topological polar surface area (TPSA) is 104 Å². The van der Waals surface area contributed by atoms with Crippen LogP contribution < -0.4 is 0 Å². The van der Waals surface area contributed by atoms with Crippen LogP contribution in [-0.2, 0) is 14.3 Å². The molecule has 0 aromatic heterocycles. The number of rotatable bonds is 3. The largest absolute Gasteiger partial charge is 0.451 e. The molecule has 8 atom stereocenters. The maximum atomic E-state index is 14.2. The average Bonchev–Trinajstić information content (AvgIpc) is 3.21. The summed E-state index contributed by atoms with van der Waals surface area (Å²) >= 11 is 0. The van der Waals surface area contributed by atoms with E-state index in [1.807, 2.05) is 6.92 Å². The van der Waals surface area contributed by atoms with Gasteiger partial charge < -0.3 is 20.1 Å². The lowest BCUT2D eigenvalue weighted by molar-refractivity contribution is -0.201. The molecule has 6 heteroatoms. The van der Waals surface area contributed by atoms with Crippen molar-refractivity contribution in [3.05, 3.63) is 34.9 Å². The zero-order chi connectivity index (χ0) is 23.1. The van der Waals surface area contributed by atoms with E-state index in [1.165, 1.54) is 0 Å². The number of ether oxygens (including phenoxy) is 1. The first-order valence-electron chi connectivity index (χ1n) is 11.2. The lowest BCUT2D eigenvalue weighted by Crippen LogP contribution is -2.65. The second kappa shape index (κ2) is 6.87. The molecule has 2 fully saturated rings. The molecule has 0 heterocycles. The van der Waals surface area contributed by atoms with Crippen molar-refractivity contribution in [2.24, 2.45) is 34.5 Å². The molecule has 2 bridgehead atoms. The van der Waals surface area contributed by atoms with Crippen molar-refractivity contribution >= 4 is 11.8 Å². The summed E-state index contributed by atoms with van der Waals surface area (Å²) in [5.41, 5.74) is -2.36. The van der Waals surface area contributed by atoms with Crippen molar-refractivity contribution < 1.29 is 29.6 Å². The Morgan fingerprint density at radius 1 is 1.35 bits per heavy atom. The Labute approximate surface area is 183 Å². The molecule has 0 aromatic rings. The van der Waals surface area contributed by atoms with E-state index in [0.29, 0.717) is 17.1 Å². The van der Waals surface area contributed by atoms with Gasteiger partial charge in [-0.1, -0.05) is 39.0 Å². The molecule has 1 spiro atoms. The third-order valence-electron chi connectivity index (χ3n) is 8.88. The molecule has 4 aliphatic carbocycles. The van der Waals surface area contributed by atoms with E-state index in [0.717, 1.165) is 6.42 Å². The van der Waals surface area contributed by atoms with Gasteiger partial charge in [-0.15, -0.1) is 0 Å². The minimum absolute atomic E-state index is 0.0209. The SMILES string of the molecule is C/C=C(\C)C(=O)O[C@H]1C(C)=CC23C(=O)C(C=C(CO)[C@@H](O)[C@]12O)[C@H]1[C@@H](C[C@H]3C)C1(C)C. The van der Waals surface area contributed by atoms with Gasteiger partial charge in [-0.3, -0.25) is 4.79 Å². The first-order chi connectivity index (χ1) is 14.4. The van der Waals surface area contributed by atoms with Crippen molar-refractivity contribution in [2.75, 3.05) is 6.61 Å². The fraction of sp³-hybridized carbons (Fsp3) is 0.680. The molecule has 0 saturated heterocycles. The Bertz CT molecular complexity index is 926. The summed E-state index contributed by atoms with van der Waals surface area (Å²) in [6.45, 7) is 10.8. The van der Waals surface area contributed by atoms with Crippen LogP contribution in [0.3, 0.4) is 0 Å². The predicted molar refractivity (Wildman–Crippen MR) is 115 cm³/mol. The van der Waals surface area contributed by atoms with Crippen molar-refractivity contribution in [1.82, 2.24) is 0 Å². The van der Waals surface area contributed by atoms with Gasteiger partial charge in [0.1, 0.15) is 6.10 Å². The van der Waals surface area contributed by atoms with Crippen LogP contribution in [0.15, 0.2) is 34.9 Å². The highest BCUT2D eigenvalue weighted by Gasteiger charge is 2.76. The number of ketones is 1. The van der Waals surface area contributed by atoms with Crippen LogP contribution in [0.5, 0.6) is 0 Å². The Kier molecular flexibility index (Phi) is 4.97. The third kappa shape index (κ3) is 2.61. The fourth-order valence-electron chi connectivity index (χ4n) is 6.91. The summed E-state index contributed by atoms with van der Waals surface area (Å²) < 4.78 is 5.72. The van der Waals surface area contributed by atoms with E-state index in [9.17, 15) is 24.9 Å². The highest BCUT2D eigenvalue weighted by atomic mass is 16.6. The molecular weight excluding hydrogens is 396 g/mol. The predicted octanol–water partition coefficient (Wildman–Crippen LogP) is 2.33. The molecular formula is C25H34O6. The molecule has 3 N–H and O–H groups in total. The van der Waals surface area contributed by atoms with Crippen LogP contribution in [0, 0.1) is 34.5 Å². The smallest absolute Gasteiger partial charge is 0.334 e. The molecule has 31 heavy (non-hydrogen) atoms. The molecule has 0 aliphatic heterocycles. The summed E-state index contributed by atoms with van der Waals surface area (Å²) in [6.07, 6.45) is 3.04. The highest BCUT2D eigenvalue weighted by Crippen LogP contribution is 2.71. The number of esters is 1. The van der Waals surface area contributed by atoms with Gasteiger partial charge in [-0.05, 0) is 61.5 Å². The number of allylic oxidation sites excluding steroid dienone is 2. The zero-order valence-electron chi connectivity index (χ0n) is 19.2. The molecule has 4 aliphatic rings. The summed E-state index contributed by atoms with van der Waals surface area (Å²) in [4.78, 5) is 26.8. The normalized spacial score (nSPS) is 45.6.